The molecule has 0 radical (unpaired) electrons. The van der Waals surface area contributed by atoms with Crippen LogP contribution in [0.15, 0.2) is 29.2 Å². The minimum atomic E-state index is -3.78. The molecule has 1 unspecified atom stereocenters. The monoisotopic (exact) mass is 332 g/mol. The SMILES string of the molecule is CCNc1ccccc1S(=O)(=O)NC1(C)CCS(=O)(=O)C1. The molecule has 0 aromatic heterocycles. The van der Waals surface area contributed by atoms with Gasteiger partial charge in [0.05, 0.1) is 17.2 Å². The summed E-state index contributed by atoms with van der Waals surface area (Å²) in [5.41, 5.74) is -0.436. The predicted octanol–water partition coefficient (Wildman–Crippen LogP) is 0.974. The standard InChI is InChI=1S/C13H20N2O4S2/c1-3-14-11-6-4-5-7-12(11)21(18,19)15-13(2)8-9-20(16,17)10-13/h4-7,14-15H,3,8-10H2,1-2H3. The van der Waals surface area contributed by atoms with Gasteiger partial charge in [-0.3, -0.25) is 0 Å². The van der Waals surface area contributed by atoms with E-state index in [9.17, 15) is 16.8 Å². The van der Waals surface area contributed by atoms with Crippen molar-refractivity contribution in [1.29, 1.82) is 0 Å². The molecule has 2 rings (SSSR count). The van der Waals surface area contributed by atoms with Gasteiger partial charge in [-0.05, 0) is 32.4 Å². The first-order valence-corrected chi connectivity index (χ1v) is 10.1. The lowest BCUT2D eigenvalue weighted by molar-refractivity contribution is 0.462. The van der Waals surface area contributed by atoms with E-state index in [1.807, 2.05) is 6.92 Å². The summed E-state index contributed by atoms with van der Waals surface area (Å²) in [5.74, 6) is -0.149. The summed E-state index contributed by atoms with van der Waals surface area (Å²) >= 11 is 0. The molecular formula is C13H20N2O4S2. The van der Waals surface area contributed by atoms with E-state index in [4.69, 9.17) is 0 Å². The van der Waals surface area contributed by atoms with Crippen molar-refractivity contribution >= 4 is 25.5 Å². The second-order valence-corrected chi connectivity index (χ2v) is 9.37. The van der Waals surface area contributed by atoms with Crippen molar-refractivity contribution in [1.82, 2.24) is 4.72 Å². The molecule has 21 heavy (non-hydrogen) atoms. The van der Waals surface area contributed by atoms with Crippen LogP contribution in [-0.4, -0.2) is 40.4 Å². The third kappa shape index (κ3) is 3.75. The molecule has 1 aromatic carbocycles. The Labute approximate surface area is 125 Å². The highest BCUT2D eigenvalue weighted by Gasteiger charge is 2.41. The maximum absolute atomic E-state index is 12.6. The van der Waals surface area contributed by atoms with Crippen molar-refractivity contribution in [2.24, 2.45) is 0 Å². The lowest BCUT2D eigenvalue weighted by atomic mass is 10.0. The molecule has 1 saturated heterocycles. The minimum Gasteiger partial charge on any atom is -0.384 e. The average molecular weight is 332 g/mol. The van der Waals surface area contributed by atoms with Gasteiger partial charge in [0.25, 0.3) is 0 Å². The Morgan fingerprint density at radius 1 is 1.29 bits per heavy atom. The number of sulfone groups is 1. The molecule has 0 spiro atoms. The summed E-state index contributed by atoms with van der Waals surface area (Å²) in [6.45, 7) is 4.10. The van der Waals surface area contributed by atoms with Gasteiger partial charge in [0, 0.05) is 12.1 Å². The van der Waals surface area contributed by atoms with E-state index in [-0.39, 0.29) is 22.8 Å². The van der Waals surface area contributed by atoms with Crippen LogP contribution in [0, 0.1) is 0 Å². The van der Waals surface area contributed by atoms with Gasteiger partial charge in [0.1, 0.15) is 4.90 Å². The maximum atomic E-state index is 12.6. The number of hydrogen-bond acceptors (Lipinski definition) is 5. The first-order valence-electron chi connectivity index (χ1n) is 6.75. The highest BCUT2D eigenvalue weighted by molar-refractivity contribution is 7.92. The molecule has 0 aliphatic carbocycles. The van der Waals surface area contributed by atoms with Crippen LogP contribution in [0.3, 0.4) is 0 Å². The highest BCUT2D eigenvalue weighted by Crippen LogP contribution is 2.27. The van der Waals surface area contributed by atoms with Gasteiger partial charge in [0.15, 0.2) is 9.84 Å². The fourth-order valence-electron chi connectivity index (χ4n) is 2.51. The molecule has 1 fully saturated rings. The Morgan fingerprint density at radius 2 is 1.95 bits per heavy atom. The first kappa shape index (κ1) is 16.3. The van der Waals surface area contributed by atoms with Crippen molar-refractivity contribution in [2.75, 3.05) is 23.4 Å². The highest BCUT2D eigenvalue weighted by atomic mass is 32.2. The summed E-state index contributed by atoms with van der Waals surface area (Å²) in [6, 6.07) is 6.58. The van der Waals surface area contributed by atoms with Crippen molar-refractivity contribution < 1.29 is 16.8 Å². The molecule has 118 valence electrons. The Bertz CT molecular complexity index is 728. The van der Waals surface area contributed by atoms with E-state index in [0.29, 0.717) is 12.2 Å². The minimum absolute atomic E-state index is 0.0148. The van der Waals surface area contributed by atoms with Crippen molar-refractivity contribution in [2.45, 2.75) is 30.7 Å². The number of benzene rings is 1. The number of rotatable bonds is 5. The van der Waals surface area contributed by atoms with Crippen LogP contribution in [-0.2, 0) is 19.9 Å². The second-order valence-electron chi connectivity index (χ2n) is 5.53. The first-order chi connectivity index (χ1) is 9.68. The molecular weight excluding hydrogens is 312 g/mol. The van der Waals surface area contributed by atoms with Gasteiger partial charge in [0.2, 0.25) is 10.0 Å². The Kier molecular flexibility index (Phi) is 4.32. The van der Waals surface area contributed by atoms with Crippen molar-refractivity contribution in [3.63, 3.8) is 0 Å². The summed E-state index contributed by atoms with van der Waals surface area (Å²) in [4.78, 5) is 0.136. The van der Waals surface area contributed by atoms with Crippen LogP contribution in [0.2, 0.25) is 0 Å². The van der Waals surface area contributed by atoms with E-state index < -0.39 is 25.4 Å². The molecule has 1 aliphatic rings. The lowest BCUT2D eigenvalue weighted by Crippen LogP contribution is -2.46. The van der Waals surface area contributed by atoms with Gasteiger partial charge >= 0.3 is 0 Å². The number of anilines is 1. The molecule has 1 aliphatic heterocycles. The topological polar surface area (TPSA) is 92.3 Å². The third-order valence-corrected chi connectivity index (χ3v) is 7.03. The molecule has 6 nitrogen and oxygen atoms in total. The Balaban J connectivity index is 2.32. The molecule has 2 N–H and O–H groups in total. The van der Waals surface area contributed by atoms with Crippen LogP contribution in [0.25, 0.3) is 0 Å². The quantitative estimate of drug-likeness (QED) is 0.838. The zero-order valence-corrected chi connectivity index (χ0v) is 13.7. The largest absolute Gasteiger partial charge is 0.384 e. The average Bonchev–Trinajstić information content (AvgIpc) is 2.63. The van der Waals surface area contributed by atoms with Gasteiger partial charge in [-0.25, -0.2) is 21.6 Å². The zero-order chi connectivity index (χ0) is 15.7. The summed E-state index contributed by atoms with van der Waals surface area (Å²) < 4.78 is 50.8. The molecule has 1 heterocycles. The lowest BCUT2D eigenvalue weighted by Gasteiger charge is -2.24. The molecule has 8 heteroatoms. The van der Waals surface area contributed by atoms with Crippen molar-refractivity contribution in [3.05, 3.63) is 24.3 Å². The molecule has 1 aromatic rings. The van der Waals surface area contributed by atoms with Crippen LogP contribution < -0.4 is 10.0 Å². The number of sulfonamides is 1. The van der Waals surface area contributed by atoms with Gasteiger partial charge in [-0.1, -0.05) is 12.1 Å². The normalized spacial score (nSPS) is 24.9. The summed E-state index contributed by atoms with van der Waals surface area (Å²) in [5, 5.41) is 3.00. The van der Waals surface area contributed by atoms with Gasteiger partial charge in [-0.2, -0.15) is 0 Å². The molecule has 0 saturated carbocycles. The van der Waals surface area contributed by atoms with E-state index in [1.54, 1.807) is 25.1 Å². The molecule has 0 bridgehead atoms. The molecule has 0 amide bonds. The van der Waals surface area contributed by atoms with Gasteiger partial charge in [-0.15, -0.1) is 0 Å². The van der Waals surface area contributed by atoms with E-state index in [1.165, 1.54) is 6.07 Å². The fraction of sp³-hybridized carbons (Fsp3) is 0.538. The molecule has 1 atom stereocenters. The number of nitrogens with one attached hydrogen (secondary N) is 2. The summed E-state index contributed by atoms with van der Waals surface area (Å²) in [7, 11) is -6.95. The van der Waals surface area contributed by atoms with E-state index in [2.05, 4.69) is 10.0 Å². The van der Waals surface area contributed by atoms with E-state index >= 15 is 0 Å². The Morgan fingerprint density at radius 3 is 2.52 bits per heavy atom. The third-order valence-electron chi connectivity index (χ3n) is 3.43. The zero-order valence-electron chi connectivity index (χ0n) is 12.1. The van der Waals surface area contributed by atoms with Crippen LogP contribution in [0.1, 0.15) is 20.3 Å². The van der Waals surface area contributed by atoms with Crippen LogP contribution in [0.5, 0.6) is 0 Å². The Hall–Kier alpha value is -1.12. The second kappa shape index (κ2) is 5.58. The van der Waals surface area contributed by atoms with Crippen LogP contribution in [0.4, 0.5) is 5.69 Å². The van der Waals surface area contributed by atoms with Gasteiger partial charge < -0.3 is 5.32 Å². The predicted molar refractivity (Wildman–Crippen MR) is 82.6 cm³/mol. The van der Waals surface area contributed by atoms with E-state index in [0.717, 1.165) is 0 Å². The number of hydrogen-bond donors (Lipinski definition) is 2. The maximum Gasteiger partial charge on any atom is 0.243 e. The van der Waals surface area contributed by atoms with Crippen LogP contribution >= 0.6 is 0 Å². The van der Waals surface area contributed by atoms with Crippen molar-refractivity contribution in [3.8, 4) is 0 Å². The number of para-hydroxylation sites is 1. The smallest absolute Gasteiger partial charge is 0.243 e. The fourth-order valence-corrected chi connectivity index (χ4v) is 6.31. The summed E-state index contributed by atoms with van der Waals surface area (Å²) in [6.07, 6.45) is 0.290.